The van der Waals surface area contributed by atoms with Crippen LogP contribution in [-0.2, 0) is 23.9 Å². The minimum atomic E-state index is -3.89. The van der Waals surface area contributed by atoms with E-state index in [9.17, 15) is 18.0 Å². The molecule has 0 heterocycles. The number of carbonyl (C=O) groups excluding carboxylic acids is 2. The van der Waals surface area contributed by atoms with Gasteiger partial charge in [-0.25, -0.2) is 0 Å². The van der Waals surface area contributed by atoms with Crippen LogP contribution in [0.2, 0.25) is 0 Å². The third kappa shape index (κ3) is 3.33. The van der Waals surface area contributed by atoms with Gasteiger partial charge in [-0.2, -0.15) is 8.42 Å². The summed E-state index contributed by atoms with van der Waals surface area (Å²) in [6, 6.07) is 6.72. The van der Waals surface area contributed by atoms with Crippen molar-refractivity contribution in [1.82, 2.24) is 0 Å². The van der Waals surface area contributed by atoms with Gasteiger partial charge in [-0.05, 0) is 81.4 Å². The molecule has 0 spiro atoms. The van der Waals surface area contributed by atoms with Crippen molar-refractivity contribution < 1.29 is 22.2 Å². The van der Waals surface area contributed by atoms with Gasteiger partial charge in [0, 0.05) is 23.7 Å². The quantitative estimate of drug-likeness (QED) is 0.609. The van der Waals surface area contributed by atoms with Crippen LogP contribution in [0.5, 0.6) is 0 Å². The summed E-state index contributed by atoms with van der Waals surface area (Å²) in [6.07, 6.45) is 7.96. The average molecular weight is 457 g/mol. The standard InChI is InChI=1S/C26H32O5S/c1-17-3-6-20(7-4-17)32(29,30)31-16-26-14-11-19(27)15-18(26)5-8-21-22-9-10-24(28)25(22,2)13-12-23(21)26/h3-4,6-7,15,21-23H,5,8-14,16H2,1-2H3/t21-,22-,23-,25-,26+/m0/s1. The molecule has 0 aromatic heterocycles. The van der Waals surface area contributed by atoms with Crippen LogP contribution in [0.1, 0.15) is 63.9 Å². The smallest absolute Gasteiger partial charge is 0.297 e. The molecule has 0 N–H and O–H groups in total. The summed E-state index contributed by atoms with van der Waals surface area (Å²) in [5.74, 6) is 1.53. The predicted octanol–water partition coefficient (Wildman–Crippen LogP) is 4.78. The largest absolute Gasteiger partial charge is 0.299 e. The third-order valence-electron chi connectivity index (χ3n) is 9.18. The van der Waals surface area contributed by atoms with E-state index in [-0.39, 0.29) is 28.6 Å². The molecule has 4 aliphatic rings. The van der Waals surface area contributed by atoms with Crippen molar-refractivity contribution in [2.75, 3.05) is 6.61 Å². The molecule has 5 rings (SSSR count). The maximum Gasteiger partial charge on any atom is 0.297 e. The van der Waals surface area contributed by atoms with E-state index in [2.05, 4.69) is 6.92 Å². The first-order valence-electron chi connectivity index (χ1n) is 11.9. The zero-order valence-electron chi connectivity index (χ0n) is 18.9. The van der Waals surface area contributed by atoms with Crippen molar-refractivity contribution in [3.8, 4) is 0 Å². The van der Waals surface area contributed by atoms with Crippen LogP contribution >= 0.6 is 0 Å². The van der Waals surface area contributed by atoms with Crippen LogP contribution in [0.3, 0.4) is 0 Å². The van der Waals surface area contributed by atoms with Crippen molar-refractivity contribution in [2.24, 2.45) is 28.6 Å². The van der Waals surface area contributed by atoms with Gasteiger partial charge in [0.15, 0.2) is 5.78 Å². The fourth-order valence-corrected chi connectivity index (χ4v) is 8.33. The van der Waals surface area contributed by atoms with Gasteiger partial charge in [-0.1, -0.05) is 30.2 Å². The minimum absolute atomic E-state index is 0.0842. The number of carbonyl (C=O) groups is 2. The van der Waals surface area contributed by atoms with Crippen molar-refractivity contribution in [2.45, 2.75) is 70.1 Å². The molecule has 5 atom stereocenters. The number of rotatable bonds is 4. The van der Waals surface area contributed by atoms with Crippen LogP contribution in [0.25, 0.3) is 0 Å². The third-order valence-corrected chi connectivity index (χ3v) is 10.5. The predicted molar refractivity (Wildman–Crippen MR) is 120 cm³/mol. The highest BCUT2D eigenvalue weighted by molar-refractivity contribution is 7.86. The molecule has 0 bridgehead atoms. The SMILES string of the molecule is Cc1ccc(S(=O)(=O)OC[C@]23CCC(=O)C=C2CC[C@@H]2[C@@H]3CC[C@]3(C)C(=O)CC[C@@H]23)cc1. The molecule has 3 fully saturated rings. The van der Waals surface area contributed by atoms with E-state index in [0.717, 1.165) is 43.2 Å². The van der Waals surface area contributed by atoms with Crippen LogP contribution < -0.4 is 0 Å². The van der Waals surface area contributed by atoms with E-state index in [0.29, 0.717) is 36.9 Å². The number of fused-ring (bicyclic) bond motifs is 5. The van der Waals surface area contributed by atoms with E-state index < -0.39 is 15.5 Å². The second kappa shape index (κ2) is 7.63. The lowest BCUT2D eigenvalue weighted by atomic mass is 9.47. The van der Waals surface area contributed by atoms with Gasteiger partial charge in [0.05, 0.1) is 11.5 Å². The Labute approximate surface area is 190 Å². The number of aryl methyl sites for hydroxylation is 1. The van der Waals surface area contributed by atoms with Gasteiger partial charge in [0.2, 0.25) is 0 Å². The molecular weight excluding hydrogens is 424 g/mol. The van der Waals surface area contributed by atoms with Gasteiger partial charge in [0.25, 0.3) is 10.1 Å². The molecule has 172 valence electrons. The van der Waals surface area contributed by atoms with Gasteiger partial charge >= 0.3 is 0 Å². The molecule has 0 amide bonds. The highest BCUT2D eigenvalue weighted by Gasteiger charge is 2.60. The Morgan fingerprint density at radius 3 is 2.47 bits per heavy atom. The normalized spacial score (nSPS) is 36.8. The molecule has 4 aliphatic carbocycles. The molecule has 0 aliphatic heterocycles. The Balaban J connectivity index is 1.47. The number of ketones is 2. The van der Waals surface area contributed by atoms with E-state index >= 15 is 0 Å². The van der Waals surface area contributed by atoms with Gasteiger partial charge < -0.3 is 0 Å². The summed E-state index contributed by atoms with van der Waals surface area (Å²) in [7, 11) is -3.89. The van der Waals surface area contributed by atoms with Crippen LogP contribution in [-0.4, -0.2) is 26.6 Å². The summed E-state index contributed by atoms with van der Waals surface area (Å²) < 4.78 is 31.8. The molecular formula is C26H32O5S. The first-order valence-corrected chi connectivity index (χ1v) is 13.3. The fraction of sp³-hybridized carbons (Fsp3) is 0.615. The van der Waals surface area contributed by atoms with E-state index in [4.69, 9.17) is 4.18 Å². The lowest BCUT2D eigenvalue weighted by molar-refractivity contribution is -0.133. The monoisotopic (exact) mass is 456 g/mol. The Kier molecular flexibility index (Phi) is 5.25. The summed E-state index contributed by atoms with van der Waals surface area (Å²) in [5.41, 5.74) is 1.40. The summed E-state index contributed by atoms with van der Waals surface area (Å²) in [4.78, 5) is 25.1. The van der Waals surface area contributed by atoms with Gasteiger partial charge in [-0.15, -0.1) is 0 Å². The Morgan fingerprint density at radius 1 is 0.969 bits per heavy atom. The van der Waals surface area contributed by atoms with Crippen molar-refractivity contribution in [3.05, 3.63) is 41.5 Å². The molecule has 0 saturated heterocycles. The van der Waals surface area contributed by atoms with E-state index in [1.54, 1.807) is 30.3 Å². The summed E-state index contributed by atoms with van der Waals surface area (Å²) in [5, 5.41) is 0. The zero-order chi connectivity index (χ0) is 22.7. The lowest BCUT2D eigenvalue weighted by Crippen LogP contribution is -2.53. The highest BCUT2D eigenvalue weighted by Crippen LogP contribution is 2.64. The van der Waals surface area contributed by atoms with Gasteiger partial charge in [-0.3, -0.25) is 13.8 Å². The summed E-state index contributed by atoms with van der Waals surface area (Å²) >= 11 is 0. The average Bonchev–Trinajstić information content (AvgIpc) is 3.07. The van der Waals surface area contributed by atoms with Crippen LogP contribution in [0.15, 0.2) is 40.8 Å². The Bertz CT molecular complexity index is 1090. The molecule has 1 aromatic carbocycles. The number of hydrogen-bond acceptors (Lipinski definition) is 5. The number of hydrogen-bond donors (Lipinski definition) is 0. The maximum atomic E-state index is 13.0. The number of benzene rings is 1. The van der Waals surface area contributed by atoms with E-state index in [1.807, 2.05) is 6.92 Å². The molecule has 0 radical (unpaired) electrons. The minimum Gasteiger partial charge on any atom is -0.299 e. The highest BCUT2D eigenvalue weighted by atomic mass is 32.2. The summed E-state index contributed by atoms with van der Waals surface area (Å²) in [6.45, 7) is 4.14. The first-order chi connectivity index (χ1) is 15.2. The van der Waals surface area contributed by atoms with Gasteiger partial charge in [0.1, 0.15) is 5.78 Å². The molecule has 1 aromatic rings. The molecule has 6 heteroatoms. The second-order valence-electron chi connectivity index (χ2n) is 10.7. The molecule has 5 nitrogen and oxygen atoms in total. The topological polar surface area (TPSA) is 77.5 Å². The van der Waals surface area contributed by atoms with Crippen molar-refractivity contribution >= 4 is 21.7 Å². The number of Topliss-reactive ketones (excluding diaryl/α,β-unsaturated/α-hetero) is 1. The van der Waals surface area contributed by atoms with Crippen molar-refractivity contribution in [3.63, 3.8) is 0 Å². The second-order valence-corrected chi connectivity index (χ2v) is 12.3. The van der Waals surface area contributed by atoms with Crippen LogP contribution in [0, 0.1) is 35.5 Å². The molecule has 0 unspecified atom stereocenters. The first kappa shape index (κ1) is 22.0. The Morgan fingerprint density at radius 2 is 1.72 bits per heavy atom. The molecule has 32 heavy (non-hydrogen) atoms. The Hall–Kier alpha value is -1.79. The zero-order valence-corrected chi connectivity index (χ0v) is 19.7. The van der Waals surface area contributed by atoms with E-state index in [1.165, 1.54) is 0 Å². The lowest BCUT2D eigenvalue weighted by Gasteiger charge is -2.57. The van der Waals surface area contributed by atoms with Crippen LogP contribution in [0.4, 0.5) is 0 Å². The molecule has 3 saturated carbocycles. The maximum absolute atomic E-state index is 13.0. The van der Waals surface area contributed by atoms with Crippen molar-refractivity contribution in [1.29, 1.82) is 0 Å². The fourth-order valence-electron chi connectivity index (χ4n) is 7.36.